The summed E-state index contributed by atoms with van der Waals surface area (Å²) in [6, 6.07) is 0. The zero-order valence-corrected chi connectivity index (χ0v) is 32.9. The van der Waals surface area contributed by atoms with Crippen LogP contribution in [0.5, 0.6) is 0 Å². The molecule has 0 amide bonds. The predicted octanol–water partition coefficient (Wildman–Crippen LogP) is 14.9. The third-order valence-electron chi connectivity index (χ3n) is 9.51. The van der Waals surface area contributed by atoms with E-state index in [9.17, 15) is 0 Å². The Morgan fingerprint density at radius 2 is 1.13 bits per heavy atom. The second kappa shape index (κ2) is 39.4. The van der Waals surface area contributed by atoms with Crippen LogP contribution in [0, 0.1) is 0 Å². The van der Waals surface area contributed by atoms with Crippen molar-refractivity contribution in [2.45, 2.75) is 219 Å². The summed E-state index contributed by atoms with van der Waals surface area (Å²) in [6.07, 6.45) is 52.0. The van der Waals surface area contributed by atoms with Gasteiger partial charge < -0.3 is 9.64 Å². The molecule has 0 N–H and O–H groups in total. The molecular weight excluding hydrogens is 571 g/mol. The molecule has 47 heavy (non-hydrogen) atoms. The zero-order valence-electron chi connectivity index (χ0n) is 32.9. The summed E-state index contributed by atoms with van der Waals surface area (Å²) < 4.78 is 6.44. The third kappa shape index (κ3) is 39.2. The monoisotopic (exact) mass is 656 g/mol. The molecule has 0 radical (unpaired) electrons. The lowest BCUT2D eigenvalue weighted by Gasteiger charge is -2.18. The van der Waals surface area contributed by atoms with Crippen molar-refractivity contribution in [3.05, 3.63) is 41.7 Å². The van der Waals surface area contributed by atoms with Crippen LogP contribution >= 0.6 is 0 Å². The molecule has 0 rings (SSSR count). The normalized spacial score (nSPS) is 12.7. The summed E-state index contributed by atoms with van der Waals surface area (Å²) in [5.74, 6) is 0. The van der Waals surface area contributed by atoms with Gasteiger partial charge in [-0.1, -0.05) is 147 Å². The molecule has 0 aromatic rings. The maximum absolute atomic E-state index is 6.44. The fourth-order valence-corrected chi connectivity index (χ4v) is 6.30. The molecule has 2 heteroatoms. The number of hydrogen-bond donors (Lipinski definition) is 0. The summed E-state index contributed by atoms with van der Waals surface area (Å²) in [4.78, 5) is 2.29. The van der Waals surface area contributed by atoms with Crippen molar-refractivity contribution >= 4 is 0 Å². The fraction of sp³-hybridized carbons (Fsp3) is 0.844. The molecule has 0 saturated carbocycles. The van der Waals surface area contributed by atoms with Crippen molar-refractivity contribution < 1.29 is 4.74 Å². The van der Waals surface area contributed by atoms with Crippen LogP contribution in [0.2, 0.25) is 0 Å². The van der Waals surface area contributed by atoms with E-state index in [0.717, 1.165) is 13.0 Å². The summed E-state index contributed by atoms with van der Waals surface area (Å²) in [5, 5.41) is 0. The van der Waals surface area contributed by atoms with E-state index in [1.807, 2.05) is 0 Å². The zero-order chi connectivity index (χ0) is 34.3. The van der Waals surface area contributed by atoms with E-state index in [2.05, 4.69) is 75.9 Å². The molecule has 0 aliphatic carbocycles. The van der Waals surface area contributed by atoms with Crippen molar-refractivity contribution in [3.8, 4) is 0 Å². The second-order valence-corrected chi connectivity index (χ2v) is 14.7. The van der Waals surface area contributed by atoms with Crippen molar-refractivity contribution in [1.82, 2.24) is 4.90 Å². The van der Waals surface area contributed by atoms with E-state index in [0.29, 0.717) is 6.10 Å². The van der Waals surface area contributed by atoms with Crippen molar-refractivity contribution in [1.29, 1.82) is 0 Å². The van der Waals surface area contributed by atoms with Crippen molar-refractivity contribution in [2.75, 3.05) is 27.2 Å². The number of ether oxygens (including phenoxy) is 1. The Morgan fingerprint density at radius 3 is 1.74 bits per heavy atom. The molecule has 1 unspecified atom stereocenters. The molecule has 0 saturated heterocycles. The van der Waals surface area contributed by atoms with Crippen LogP contribution < -0.4 is 0 Å². The molecule has 0 aliphatic rings. The Morgan fingerprint density at radius 1 is 0.574 bits per heavy atom. The number of nitrogens with zero attached hydrogens (tertiary/aromatic N) is 1. The lowest BCUT2D eigenvalue weighted by atomic mass is 10.0. The Labute approximate surface area is 297 Å². The first-order valence-corrected chi connectivity index (χ1v) is 21.1. The standard InChI is InChI=1S/C45H85NO/c1-6-8-10-11-12-13-14-15-16-17-18-19-20-24-27-30-34-40-45(47-43-37-36-42-46(4)5)41-35-31-28-25-22-21-23-26-29-33-39-44(3)38-32-9-7-2/h12,14,16-17,39,45H,6-11,15,18-38,40-43H2,1-5H3. The lowest BCUT2D eigenvalue weighted by Crippen LogP contribution is -2.16. The highest BCUT2D eigenvalue weighted by Crippen LogP contribution is 2.18. The Bertz CT molecular complexity index is 728. The minimum atomic E-state index is 0.490. The molecular formula is C45H85NO. The fourth-order valence-electron chi connectivity index (χ4n) is 6.30. The molecule has 0 bridgehead atoms. The summed E-state index contributed by atoms with van der Waals surface area (Å²) >= 11 is 0. The van der Waals surface area contributed by atoms with E-state index >= 15 is 0 Å². The average molecular weight is 656 g/mol. The number of unbranched alkanes of at least 4 members (excludes halogenated alkanes) is 21. The van der Waals surface area contributed by atoms with Gasteiger partial charge in [-0.05, 0) is 123 Å². The van der Waals surface area contributed by atoms with Crippen molar-refractivity contribution in [2.24, 2.45) is 0 Å². The quantitative estimate of drug-likeness (QED) is 0.0375. The van der Waals surface area contributed by atoms with Crippen LogP contribution in [0.15, 0.2) is 41.7 Å². The molecule has 0 aliphatic heterocycles. The van der Waals surface area contributed by atoms with E-state index in [1.165, 1.54) is 193 Å². The lowest BCUT2D eigenvalue weighted by molar-refractivity contribution is 0.0353. The maximum atomic E-state index is 6.44. The van der Waals surface area contributed by atoms with Gasteiger partial charge in [0.1, 0.15) is 0 Å². The molecule has 0 spiro atoms. The van der Waals surface area contributed by atoms with Gasteiger partial charge in [-0.15, -0.1) is 5.73 Å². The topological polar surface area (TPSA) is 12.5 Å². The first-order valence-electron chi connectivity index (χ1n) is 21.1. The van der Waals surface area contributed by atoms with E-state index in [4.69, 9.17) is 4.74 Å². The molecule has 1 atom stereocenters. The molecule has 0 fully saturated rings. The van der Waals surface area contributed by atoms with Gasteiger partial charge in [0.15, 0.2) is 0 Å². The SMILES string of the molecule is CCCCCC=C=CCC=CCCCCCCCCC(CCCCCCCCCCCC=C(C)CCCCC)OCCCCN(C)C. The third-order valence-corrected chi connectivity index (χ3v) is 9.51. The van der Waals surface area contributed by atoms with Gasteiger partial charge in [0.25, 0.3) is 0 Å². The number of allylic oxidation sites excluding steroid dienone is 5. The minimum absolute atomic E-state index is 0.490. The largest absolute Gasteiger partial charge is 0.378 e. The van der Waals surface area contributed by atoms with Gasteiger partial charge in [-0.3, -0.25) is 0 Å². The van der Waals surface area contributed by atoms with Crippen LogP contribution in [0.3, 0.4) is 0 Å². The Kier molecular flexibility index (Phi) is 38.5. The molecule has 0 aromatic heterocycles. The van der Waals surface area contributed by atoms with Gasteiger partial charge in [0.2, 0.25) is 0 Å². The summed E-state index contributed by atoms with van der Waals surface area (Å²) in [5.41, 5.74) is 4.94. The Balaban J connectivity index is 3.91. The van der Waals surface area contributed by atoms with Gasteiger partial charge in [-0.2, -0.15) is 0 Å². The molecule has 0 aromatic carbocycles. The minimum Gasteiger partial charge on any atom is -0.378 e. The number of hydrogen-bond acceptors (Lipinski definition) is 2. The molecule has 0 heterocycles. The highest BCUT2D eigenvalue weighted by atomic mass is 16.5. The van der Waals surface area contributed by atoms with Crippen LogP contribution in [0.4, 0.5) is 0 Å². The second-order valence-electron chi connectivity index (χ2n) is 14.7. The highest BCUT2D eigenvalue weighted by molar-refractivity contribution is 4.97. The maximum Gasteiger partial charge on any atom is 0.0575 e. The van der Waals surface area contributed by atoms with Gasteiger partial charge >= 0.3 is 0 Å². The van der Waals surface area contributed by atoms with Gasteiger partial charge in [-0.25, -0.2) is 0 Å². The van der Waals surface area contributed by atoms with Gasteiger partial charge in [0, 0.05) is 6.61 Å². The smallest absolute Gasteiger partial charge is 0.0575 e. The van der Waals surface area contributed by atoms with Crippen LogP contribution in [0.25, 0.3) is 0 Å². The van der Waals surface area contributed by atoms with Crippen LogP contribution in [-0.2, 0) is 4.74 Å². The first-order chi connectivity index (χ1) is 23.1. The Hall–Kier alpha value is -1.08. The molecule has 276 valence electrons. The van der Waals surface area contributed by atoms with Crippen LogP contribution in [0.1, 0.15) is 213 Å². The highest BCUT2D eigenvalue weighted by Gasteiger charge is 2.09. The van der Waals surface area contributed by atoms with E-state index < -0.39 is 0 Å². The van der Waals surface area contributed by atoms with E-state index in [1.54, 1.807) is 5.57 Å². The first kappa shape index (κ1) is 45.9. The average Bonchev–Trinajstić information content (AvgIpc) is 3.06. The van der Waals surface area contributed by atoms with Crippen molar-refractivity contribution in [3.63, 3.8) is 0 Å². The predicted molar refractivity (Wildman–Crippen MR) is 214 cm³/mol. The van der Waals surface area contributed by atoms with Crippen LogP contribution in [-0.4, -0.2) is 38.3 Å². The van der Waals surface area contributed by atoms with Gasteiger partial charge in [0.05, 0.1) is 6.10 Å². The summed E-state index contributed by atoms with van der Waals surface area (Å²) in [6.45, 7) is 9.00. The molecule has 2 nitrogen and oxygen atoms in total. The van der Waals surface area contributed by atoms with E-state index in [-0.39, 0.29) is 0 Å². The summed E-state index contributed by atoms with van der Waals surface area (Å²) in [7, 11) is 4.34. The number of rotatable bonds is 37.